The van der Waals surface area contributed by atoms with Crippen LogP contribution in [0.3, 0.4) is 0 Å². The van der Waals surface area contributed by atoms with Crippen LogP contribution in [0.2, 0.25) is 5.02 Å². The second kappa shape index (κ2) is 8.01. The third-order valence-electron chi connectivity index (χ3n) is 7.20. The van der Waals surface area contributed by atoms with E-state index in [1.165, 1.54) is 15.8 Å². The highest BCUT2D eigenvalue weighted by molar-refractivity contribution is 6.31. The molecule has 0 radical (unpaired) electrons. The number of benzene rings is 3. The first-order chi connectivity index (χ1) is 16.1. The van der Waals surface area contributed by atoms with Crippen LogP contribution in [-0.2, 0) is 0 Å². The number of halogens is 1. The Labute approximate surface area is 196 Å². The molecule has 5 nitrogen and oxygen atoms in total. The molecule has 2 aliphatic heterocycles. The average molecular weight is 458 g/mol. The normalized spacial score (nSPS) is 17.4. The van der Waals surface area contributed by atoms with Crippen LogP contribution in [0, 0.1) is 0 Å². The van der Waals surface area contributed by atoms with Gasteiger partial charge >= 0.3 is 0 Å². The lowest BCUT2D eigenvalue weighted by molar-refractivity contribution is 0.0586. The summed E-state index contributed by atoms with van der Waals surface area (Å²) in [5.74, 6) is 0.132. The zero-order chi connectivity index (χ0) is 22.5. The van der Waals surface area contributed by atoms with Gasteiger partial charge in [-0.2, -0.15) is 0 Å². The Morgan fingerprint density at radius 3 is 2.30 bits per heavy atom. The van der Waals surface area contributed by atoms with Gasteiger partial charge in [0.25, 0.3) is 11.8 Å². The summed E-state index contributed by atoms with van der Waals surface area (Å²) in [6.45, 7) is 3.02. The maximum Gasteiger partial charge on any atom is 0.261 e. The monoisotopic (exact) mass is 457 g/mol. The van der Waals surface area contributed by atoms with E-state index in [1.54, 1.807) is 0 Å². The summed E-state index contributed by atoms with van der Waals surface area (Å²) in [7, 11) is 0. The molecule has 2 aliphatic rings. The summed E-state index contributed by atoms with van der Waals surface area (Å²) in [5, 5.41) is 3.71. The number of imide groups is 1. The first-order valence-electron chi connectivity index (χ1n) is 11.5. The lowest BCUT2D eigenvalue weighted by atomic mass is 9.89. The van der Waals surface area contributed by atoms with Gasteiger partial charge in [-0.15, -0.1) is 0 Å². The number of piperidine rings is 1. The lowest BCUT2D eigenvalue weighted by Crippen LogP contribution is -2.45. The Balaban J connectivity index is 1.13. The maximum atomic E-state index is 13.1. The van der Waals surface area contributed by atoms with Crippen LogP contribution >= 0.6 is 11.6 Å². The van der Waals surface area contributed by atoms with Crippen LogP contribution in [0.5, 0.6) is 0 Å². The van der Waals surface area contributed by atoms with Gasteiger partial charge in [0.2, 0.25) is 0 Å². The van der Waals surface area contributed by atoms with E-state index in [0.29, 0.717) is 30.1 Å². The van der Waals surface area contributed by atoms with E-state index in [0.717, 1.165) is 47.2 Å². The number of nitrogens with one attached hydrogen (secondary N) is 1. The van der Waals surface area contributed by atoms with Crippen LogP contribution in [0.4, 0.5) is 0 Å². The fourth-order valence-corrected chi connectivity index (χ4v) is 5.62. The Hall–Kier alpha value is -3.15. The largest absolute Gasteiger partial charge is 0.361 e. The van der Waals surface area contributed by atoms with Gasteiger partial charge in [0.05, 0.1) is 0 Å². The van der Waals surface area contributed by atoms with Gasteiger partial charge in [0.15, 0.2) is 0 Å². The number of aromatic nitrogens is 1. The van der Waals surface area contributed by atoms with E-state index in [1.807, 2.05) is 48.5 Å². The van der Waals surface area contributed by atoms with Gasteiger partial charge in [-0.3, -0.25) is 14.5 Å². The van der Waals surface area contributed by atoms with Gasteiger partial charge in [-0.25, -0.2) is 0 Å². The van der Waals surface area contributed by atoms with E-state index in [4.69, 9.17) is 11.6 Å². The highest BCUT2D eigenvalue weighted by Crippen LogP contribution is 2.34. The zero-order valence-corrected chi connectivity index (χ0v) is 18.9. The van der Waals surface area contributed by atoms with Gasteiger partial charge in [0.1, 0.15) is 0 Å². The number of H-pyrrole nitrogens is 1. The number of carbonyl (C=O) groups is 2. The first-order valence-corrected chi connectivity index (χ1v) is 11.8. The summed E-state index contributed by atoms with van der Waals surface area (Å²) in [5.41, 5.74) is 3.69. The van der Waals surface area contributed by atoms with Gasteiger partial charge in [-0.1, -0.05) is 41.9 Å². The average Bonchev–Trinajstić information content (AvgIpc) is 3.25. The number of nitrogens with zero attached hydrogens (tertiary/aromatic N) is 2. The number of likely N-dealkylation sites (tertiary alicyclic amines) is 1. The molecule has 1 saturated heterocycles. The topological polar surface area (TPSA) is 56.4 Å². The summed E-state index contributed by atoms with van der Waals surface area (Å²) in [6.07, 6.45) is 4.23. The molecule has 0 bridgehead atoms. The highest BCUT2D eigenvalue weighted by Gasteiger charge is 2.33. The maximum absolute atomic E-state index is 13.1. The number of hydrogen-bond donors (Lipinski definition) is 1. The zero-order valence-electron chi connectivity index (χ0n) is 18.2. The molecule has 6 heteroatoms. The number of rotatable bonds is 4. The van der Waals surface area contributed by atoms with Crippen LogP contribution in [0.25, 0.3) is 21.7 Å². The molecule has 3 heterocycles. The Bertz CT molecular complexity index is 1350. The standard InChI is InChI=1S/C27H24ClN3O2/c28-19-7-8-20-23(16-29-24(20)15-19)17-9-11-30(12-10-17)13-14-31-26(32)21-5-1-3-18-4-2-6-22(25(18)21)27(31)33/h1-8,15-17,29H,9-14H2. The summed E-state index contributed by atoms with van der Waals surface area (Å²) in [4.78, 5) is 33.4. The predicted octanol–water partition coefficient (Wildman–Crippen LogP) is 5.45. The molecule has 0 saturated carbocycles. The molecule has 166 valence electrons. The van der Waals surface area contributed by atoms with Crippen LogP contribution in [0.1, 0.15) is 45.0 Å². The molecular formula is C27H24ClN3O2. The van der Waals surface area contributed by atoms with E-state index in [-0.39, 0.29) is 11.8 Å². The Morgan fingerprint density at radius 2 is 1.61 bits per heavy atom. The van der Waals surface area contributed by atoms with Crippen molar-refractivity contribution in [2.45, 2.75) is 18.8 Å². The van der Waals surface area contributed by atoms with Crippen LogP contribution in [0.15, 0.2) is 60.8 Å². The SMILES string of the molecule is O=C1c2cccc3cccc(c23)C(=O)N1CCN1CCC(c2c[nH]c3cc(Cl)ccc23)CC1. The van der Waals surface area contributed by atoms with Crippen molar-refractivity contribution in [3.05, 3.63) is 82.5 Å². The molecule has 0 unspecified atom stereocenters. The molecule has 2 amide bonds. The molecule has 4 aromatic rings. The predicted molar refractivity (Wildman–Crippen MR) is 131 cm³/mol. The molecule has 1 fully saturated rings. The van der Waals surface area contributed by atoms with Crippen molar-refractivity contribution in [3.8, 4) is 0 Å². The summed E-state index contributed by atoms with van der Waals surface area (Å²) >= 11 is 6.12. The van der Waals surface area contributed by atoms with Gasteiger partial charge < -0.3 is 9.88 Å². The lowest BCUT2D eigenvalue weighted by Gasteiger charge is -2.34. The molecule has 1 N–H and O–H groups in total. The molecule has 1 aromatic heterocycles. The van der Waals surface area contributed by atoms with Gasteiger partial charge in [-0.05, 0) is 67.1 Å². The molecule has 33 heavy (non-hydrogen) atoms. The van der Waals surface area contributed by atoms with E-state index >= 15 is 0 Å². The summed E-state index contributed by atoms with van der Waals surface area (Å²) in [6, 6.07) is 17.3. The molecule has 3 aromatic carbocycles. The van der Waals surface area contributed by atoms with Crippen molar-refractivity contribution in [1.82, 2.24) is 14.8 Å². The fourth-order valence-electron chi connectivity index (χ4n) is 5.45. The van der Waals surface area contributed by atoms with Crippen LogP contribution < -0.4 is 0 Å². The second-order valence-corrected chi connectivity index (χ2v) is 9.46. The number of fused-ring (bicyclic) bond motifs is 1. The smallest absolute Gasteiger partial charge is 0.261 e. The minimum Gasteiger partial charge on any atom is -0.361 e. The Morgan fingerprint density at radius 1 is 0.909 bits per heavy atom. The fraction of sp³-hybridized carbons (Fsp3) is 0.259. The number of amides is 2. The third-order valence-corrected chi connectivity index (χ3v) is 7.43. The van der Waals surface area contributed by atoms with Crippen molar-refractivity contribution >= 4 is 45.1 Å². The molecule has 0 aliphatic carbocycles. The minimum atomic E-state index is -0.184. The highest BCUT2D eigenvalue weighted by atomic mass is 35.5. The first kappa shape index (κ1) is 20.5. The molecule has 0 atom stereocenters. The molecule has 6 rings (SSSR count). The van der Waals surface area contributed by atoms with E-state index in [2.05, 4.69) is 22.1 Å². The Kier molecular flexibility index (Phi) is 4.97. The molecular weight excluding hydrogens is 434 g/mol. The van der Waals surface area contributed by atoms with Crippen molar-refractivity contribution in [3.63, 3.8) is 0 Å². The number of hydrogen-bond acceptors (Lipinski definition) is 3. The van der Waals surface area contributed by atoms with Crippen molar-refractivity contribution in [2.24, 2.45) is 0 Å². The van der Waals surface area contributed by atoms with E-state index in [9.17, 15) is 9.59 Å². The van der Waals surface area contributed by atoms with Crippen molar-refractivity contribution in [1.29, 1.82) is 0 Å². The number of carbonyl (C=O) groups excluding carboxylic acids is 2. The number of aromatic amines is 1. The van der Waals surface area contributed by atoms with Gasteiger partial charge in [0, 0.05) is 51.7 Å². The second-order valence-electron chi connectivity index (χ2n) is 9.02. The minimum absolute atomic E-state index is 0.184. The molecule has 0 spiro atoms. The third kappa shape index (κ3) is 3.43. The van der Waals surface area contributed by atoms with Crippen molar-refractivity contribution < 1.29 is 9.59 Å². The van der Waals surface area contributed by atoms with E-state index < -0.39 is 0 Å². The van der Waals surface area contributed by atoms with Crippen molar-refractivity contribution in [2.75, 3.05) is 26.2 Å². The van der Waals surface area contributed by atoms with Crippen LogP contribution in [-0.4, -0.2) is 52.8 Å². The summed E-state index contributed by atoms with van der Waals surface area (Å²) < 4.78 is 0. The quantitative estimate of drug-likeness (QED) is 0.414.